The van der Waals surface area contributed by atoms with Crippen LogP contribution in [0, 0.1) is 0 Å². The third kappa shape index (κ3) is 2.86. The van der Waals surface area contributed by atoms with E-state index in [1.165, 1.54) is 30.6 Å². The van der Waals surface area contributed by atoms with Crippen LogP contribution in [-0.2, 0) is 0 Å². The van der Waals surface area contributed by atoms with Gasteiger partial charge in [0.05, 0.1) is 16.8 Å². The van der Waals surface area contributed by atoms with Gasteiger partial charge in [0, 0.05) is 12.4 Å². The number of nitrogens with zero attached hydrogens (tertiary/aromatic N) is 1. The van der Waals surface area contributed by atoms with Gasteiger partial charge in [0.25, 0.3) is 5.91 Å². The molecule has 1 aromatic heterocycles. The van der Waals surface area contributed by atoms with Crippen LogP contribution in [0.4, 0.5) is 5.69 Å². The molecular weight excluding hydrogens is 248 g/mol. The van der Waals surface area contributed by atoms with Gasteiger partial charge in [-0.3, -0.25) is 9.78 Å². The van der Waals surface area contributed by atoms with Gasteiger partial charge in [0.2, 0.25) is 0 Å². The Bertz CT molecular complexity index is 626. The number of aromatic carboxylic acids is 1. The second kappa shape index (κ2) is 5.18. The molecule has 6 heteroatoms. The van der Waals surface area contributed by atoms with E-state index in [1.54, 1.807) is 12.1 Å². The number of anilines is 1. The maximum absolute atomic E-state index is 11.8. The summed E-state index contributed by atoms with van der Waals surface area (Å²) in [4.78, 5) is 26.5. The maximum atomic E-state index is 11.8. The van der Waals surface area contributed by atoms with Gasteiger partial charge in [-0.15, -0.1) is 0 Å². The van der Waals surface area contributed by atoms with Gasteiger partial charge in [-0.1, -0.05) is 0 Å². The quantitative estimate of drug-likeness (QED) is 0.728. The zero-order valence-corrected chi connectivity index (χ0v) is 9.70. The van der Waals surface area contributed by atoms with Crippen LogP contribution >= 0.6 is 0 Å². The summed E-state index contributed by atoms with van der Waals surface area (Å²) in [5.41, 5.74) is 0.315. The van der Waals surface area contributed by atoms with E-state index in [-0.39, 0.29) is 17.0 Å². The lowest BCUT2D eigenvalue weighted by molar-refractivity contribution is 0.0696. The molecule has 2 rings (SSSR count). The Morgan fingerprint density at radius 3 is 2.58 bits per heavy atom. The Morgan fingerprint density at radius 1 is 1.16 bits per heavy atom. The van der Waals surface area contributed by atoms with Gasteiger partial charge in [-0.05, 0) is 30.3 Å². The molecule has 0 radical (unpaired) electrons. The van der Waals surface area contributed by atoms with Gasteiger partial charge in [0.1, 0.15) is 5.75 Å². The first kappa shape index (κ1) is 12.6. The summed E-state index contributed by atoms with van der Waals surface area (Å²) in [5, 5.41) is 20.9. The minimum atomic E-state index is -1.14. The van der Waals surface area contributed by atoms with E-state index in [2.05, 4.69) is 10.3 Å². The Kier molecular flexibility index (Phi) is 3.42. The fourth-order valence-electron chi connectivity index (χ4n) is 1.46. The summed E-state index contributed by atoms with van der Waals surface area (Å²) in [6.45, 7) is 0. The topological polar surface area (TPSA) is 99.5 Å². The van der Waals surface area contributed by atoms with Crippen molar-refractivity contribution >= 4 is 17.6 Å². The number of amides is 1. The lowest BCUT2D eigenvalue weighted by Crippen LogP contribution is -2.12. The molecule has 0 saturated carbocycles. The van der Waals surface area contributed by atoms with Crippen molar-refractivity contribution in [2.24, 2.45) is 0 Å². The molecular formula is C13H10N2O4. The number of carbonyl (C=O) groups is 2. The molecule has 2 aromatic rings. The Hall–Kier alpha value is -2.89. The summed E-state index contributed by atoms with van der Waals surface area (Å²) in [6, 6.07) is 6.80. The van der Waals surface area contributed by atoms with Crippen molar-refractivity contribution in [2.75, 3.05) is 5.32 Å². The van der Waals surface area contributed by atoms with Crippen LogP contribution in [0.5, 0.6) is 5.75 Å². The molecule has 0 fully saturated rings. The normalized spacial score (nSPS) is 9.89. The zero-order chi connectivity index (χ0) is 13.8. The zero-order valence-electron chi connectivity index (χ0n) is 9.70. The summed E-state index contributed by atoms with van der Waals surface area (Å²) in [6.07, 6.45) is 2.90. The standard InChI is InChI=1S/C13H10N2O4/c16-11-4-3-8(13(18)19)6-10(11)15-12(17)9-2-1-5-14-7-9/h1-7,16H,(H,15,17)(H,18,19). The van der Waals surface area contributed by atoms with Crippen molar-refractivity contribution in [2.45, 2.75) is 0 Å². The molecule has 1 amide bonds. The molecule has 0 aliphatic heterocycles. The van der Waals surface area contributed by atoms with E-state index >= 15 is 0 Å². The third-order valence-electron chi connectivity index (χ3n) is 2.42. The minimum Gasteiger partial charge on any atom is -0.506 e. The van der Waals surface area contributed by atoms with Gasteiger partial charge >= 0.3 is 5.97 Å². The number of pyridine rings is 1. The number of hydrogen-bond donors (Lipinski definition) is 3. The number of hydrogen-bond acceptors (Lipinski definition) is 4. The van der Waals surface area contributed by atoms with E-state index in [1.807, 2.05) is 0 Å². The molecule has 0 aliphatic carbocycles. The van der Waals surface area contributed by atoms with Crippen LogP contribution in [0.1, 0.15) is 20.7 Å². The summed E-state index contributed by atoms with van der Waals surface area (Å²) in [5.74, 6) is -1.83. The number of carbonyl (C=O) groups excluding carboxylic acids is 1. The number of rotatable bonds is 3. The van der Waals surface area contributed by atoms with Crippen LogP contribution in [0.15, 0.2) is 42.7 Å². The average molecular weight is 258 g/mol. The maximum Gasteiger partial charge on any atom is 0.335 e. The van der Waals surface area contributed by atoms with Crippen LogP contribution in [0.2, 0.25) is 0 Å². The highest BCUT2D eigenvalue weighted by atomic mass is 16.4. The van der Waals surface area contributed by atoms with Crippen LogP contribution in [0.3, 0.4) is 0 Å². The van der Waals surface area contributed by atoms with Crippen LogP contribution in [0.25, 0.3) is 0 Å². The Balaban J connectivity index is 2.26. The molecule has 1 aromatic carbocycles. The van der Waals surface area contributed by atoms with Crippen molar-refractivity contribution in [3.05, 3.63) is 53.9 Å². The van der Waals surface area contributed by atoms with E-state index in [0.717, 1.165) is 0 Å². The fourth-order valence-corrected chi connectivity index (χ4v) is 1.46. The van der Waals surface area contributed by atoms with Crippen LogP contribution in [-0.4, -0.2) is 27.1 Å². The molecule has 0 unspecified atom stereocenters. The number of aromatic nitrogens is 1. The molecule has 3 N–H and O–H groups in total. The number of aromatic hydroxyl groups is 1. The van der Waals surface area contributed by atoms with Gasteiger partial charge < -0.3 is 15.5 Å². The molecule has 0 bridgehead atoms. The first-order valence-corrected chi connectivity index (χ1v) is 5.35. The number of carboxylic acids is 1. The highest BCUT2D eigenvalue weighted by Gasteiger charge is 2.11. The number of phenolic OH excluding ortho intramolecular Hbond substituents is 1. The van der Waals surface area contributed by atoms with E-state index in [4.69, 9.17) is 5.11 Å². The monoisotopic (exact) mass is 258 g/mol. The molecule has 1 heterocycles. The lowest BCUT2D eigenvalue weighted by Gasteiger charge is -2.08. The summed E-state index contributed by atoms with van der Waals surface area (Å²) in [7, 11) is 0. The van der Waals surface area contributed by atoms with Gasteiger partial charge in [-0.25, -0.2) is 4.79 Å². The molecule has 0 saturated heterocycles. The van der Waals surface area contributed by atoms with Crippen molar-refractivity contribution in [1.82, 2.24) is 4.98 Å². The molecule has 0 aliphatic rings. The largest absolute Gasteiger partial charge is 0.506 e. The number of nitrogens with one attached hydrogen (secondary N) is 1. The average Bonchev–Trinajstić information content (AvgIpc) is 2.42. The number of phenols is 1. The molecule has 0 atom stereocenters. The van der Waals surface area contributed by atoms with Crippen LogP contribution < -0.4 is 5.32 Å². The molecule has 6 nitrogen and oxygen atoms in total. The third-order valence-corrected chi connectivity index (χ3v) is 2.42. The van der Waals surface area contributed by atoms with Gasteiger partial charge in [-0.2, -0.15) is 0 Å². The molecule has 96 valence electrons. The fraction of sp³-hybridized carbons (Fsp3) is 0. The number of benzene rings is 1. The first-order chi connectivity index (χ1) is 9.08. The Morgan fingerprint density at radius 2 is 1.95 bits per heavy atom. The van der Waals surface area contributed by atoms with Crippen molar-refractivity contribution < 1.29 is 19.8 Å². The molecule has 19 heavy (non-hydrogen) atoms. The Labute approximate surface area is 108 Å². The minimum absolute atomic E-state index is 0.0284. The first-order valence-electron chi connectivity index (χ1n) is 5.35. The second-order valence-corrected chi connectivity index (χ2v) is 3.73. The summed E-state index contributed by atoms with van der Waals surface area (Å²) >= 11 is 0. The predicted octanol–water partition coefficient (Wildman–Crippen LogP) is 1.74. The SMILES string of the molecule is O=C(O)c1ccc(O)c(NC(=O)c2cccnc2)c1. The molecule has 0 spiro atoms. The van der Waals surface area contributed by atoms with E-state index in [9.17, 15) is 14.7 Å². The summed E-state index contributed by atoms with van der Waals surface area (Å²) < 4.78 is 0. The second-order valence-electron chi connectivity index (χ2n) is 3.73. The van der Waals surface area contributed by atoms with Crippen molar-refractivity contribution in [3.63, 3.8) is 0 Å². The van der Waals surface area contributed by atoms with Gasteiger partial charge in [0.15, 0.2) is 0 Å². The highest BCUT2D eigenvalue weighted by Crippen LogP contribution is 2.24. The van der Waals surface area contributed by atoms with Crippen molar-refractivity contribution in [3.8, 4) is 5.75 Å². The smallest absolute Gasteiger partial charge is 0.335 e. The predicted molar refractivity (Wildman–Crippen MR) is 67.3 cm³/mol. The van der Waals surface area contributed by atoms with E-state index in [0.29, 0.717) is 5.56 Å². The van der Waals surface area contributed by atoms with E-state index < -0.39 is 11.9 Å². The number of carboxylic acid groups (broad SMARTS) is 1. The van der Waals surface area contributed by atoms with Crippen molar-refractivity contribution in [1.29, 1.82) is 0 Å². The lowest BCUT2D eigenvalue weighted by atomic mass is 10.1. The highest BCUT2D eigenvalue weighted by molar-refractivity contribution is 6.05.